The van der Waals surface area contributed by atoms with Gasteiger partial charge >= 0.3 is 0 Å². The van der Waals surface area contributed by atoms with E-state index in [0.29, 0.717) is 0 Å². The third kappa shape index (κ3) is 4.16. The number of piperazine rings is 1. The fourth-order valence-corrected chi connectivity index (χ4v) is 2.54. The van der Waals surface area contributed by atoms with Crippen LogP contribution in [0.4, 0.5) is 5.82 Å². The molecule has 1 aromatic rings. The van der Waals surface area contributed by atoms with Crippen molar-refractivity contribution in [2.45, 2.75) is 32.4 Å². The minimum atomic E-state index is -0.626. The fraction of sp³-hybridized carbons (Fsp3) is 0.667. The molecule has 1 saturated heterocycles. The van der Waals surface area contributed by atoms with E-state index in [0.717, 1.165) is 44.1 Å². The third-order valence-corrected chi connectivity index (χ3v) is 3.60. The predicted octanol–water partition coefficient (Wildman–Crippen LogP) is 0.994. The van der Waals surface area contributed by atoms with Crippen LogP contribution in [0.25, 0.3) is 0 Å². The van der Waals surface area contributed by atoms with E-state index in [1.165, 1.54) is 0 Å². The quantitative estimate of drug-likeness (QED) is 0.860. The van der Waals surface area contributed by atoms with E-state index in [2.05, 4.69) is 20.9 Å². The summed E-state index contributed by atoms with van der Waals surface area (Å²) in [5.74, 6) is 1.01. The fourth-order valence-electron chi connectivity index (χ4n) is 2.54. The summed E-state index contributed by atoms with van der Waals surface area (Å²) < 4.78 is 0. The first-order chi connectivity index (χ1) is 9.35. The number of hydrogen-bond acceptors (Lipinski definition) is 5. The van der Waals surface area contributed by atoms with Gasteiger partial charge in [-0.3, -0.25) is 4.90 Å². The Hall–Kier alpha value is -1.17. The van der Waals surface area contributed by atoms with E-state index in [1.54, 1.807) is 0 Å². The molecule has 2 rings (SSSR count). The Labute approximate surface area is 121 Å². The second-order valence-corrected chi connectivity index (χ2v) is 6.31. The summed E-state index contributed by atoms with van der Waals surface area (Å²) in [5, 5.41) is 9.86. The van der Waals surface area contributed by atoms with E-state index in [-0.39, 0.29) is 6.04 Å². The normalized spacial score (nSPS) is 19.1. The van der Waals surface area contributed by atoms with Gasteiger partial charge in [0.25, 0.3) is 0 Å². The highest BCUT2D eigenvalue weighted by molar-refractivity contribution is 5.40. The van der Waals surface area contributed by atoms with Crippen molar-refractivity contribution in [1.29, 1.82) is 0 Å². The largest absolute Gasteiger partial charge is 0.389 e. The first-order valence-corrected chi connectivity index (χ1v) is 7.26. The van der Waals surface area contributed by atoms with Crippen molar-refractivity contribution < 1.29 is 5.11 Å². The van der Waals surface area contributed by atoms with E-state index < -0.39 is 5.60 Å². The molecule has 0 aliphatic carbocycles. The molecule has 1 atom stereocenters. The van der Waals surface area contributed by atoms with Gasteiger partial charge in [-0.1, -0.05) is 6.07 Å². The van der Waals surface area contributed by atoms with Gasteiger partial charge in [0, 0.05) is 45.0 Å². The van der Waals surface area contributed by atoms with Crippen molar-refractivity contribution in [1.82, 2.24) is 9.88 Å². The molecular weight excluding hydrogens is 252 g/mol. The number of aliphatic hydroxyl groups is 1. The summed E-state index contributed by atoms with van der Waals surface area (Å²) >= 11 is 0. The number of aromatic nitrogens is 1. The highest BCUT2D eigenvalue weighted by Gasteiger charge is 2.23. The number of rotatable bonds is 4. The standard InChI is InChI=1S/C15H26N4O/c1-12(16)13-4-5-14(17-10-13)19-8-6-18(7-9-19)11-15(2,3)20/h4-5,10,12,20H,6-9,11,16H2,1-3H3/t12-/m0/s1. The molecular formula is C15H26N4O. The van der Waals surface area contributed by atoms with Crippen LogP contribution in [0.1, 0.15) is 32.4 Å². The molecule has 0 unspecified atom stereocenters. The van der Waals surface area contributed by atoms with Crippen molar-refractivity contribution >= 4 is 5.82 Å². The lowest BCUT2D eigenvalue weighted by Crippen LogP contribution is -2.50. The molecule has 5 nitrogen and oxygen atoms in total. The molecule has 20 heavy (non-hydrogen) atoms. The van der Waals surface area contributed by atoms with Crippen molar-refractivity contribution in [2.75, 3.05) is 37.6 Å². The Kier molecular flexibility index (Phi) is 4.62. The lowest BCUT2D eigenvalue weighted by atomic mass is 10.1. The van der Waals surface area contributed by atoms with Crippen molar-refractivity contribution in [3.8, 4) is 0 Å². The zero-order valence-electron chi connectivity index (χ0n) is 12.7. The van der Waals surface area contributed by atoms with Crippen LogP contribution >= 0.6 is 0 Å². The van der Waals surface area contributed by atoms with Crippen LogP contribution in [0.5, 0.6) is 0 Å². The lowest BCUT2D eigenvalue weighted by Gasteiger charge is -2.37. The van der Waals surface area contributed by atoms with Gasteiger partial charge in [-0.15, -0.1) is 0 Å². The number of anilines is 1. The maximum atomic E-state index is 9.86. The van der Waals surface area contributed by atoms with Gasteiger partial charge in [0.2, 0.25) is 0 Å². The molecule has 0 aromatic carbocycles. The lowest BCUT2D eigenvalue weighted by molar-refractivity contribution is 0.0344. The molecule has 0 saturated carbocycles. The average Bonchev–Trinajstić information content (AvgIpc) is 2.38. The Balaban J connectivity index is 1.90. The van der Waals surface area contributed by atoms with Gasteiger partial charge in [0.05, 0.1) is 5.60 Å². The molecule has 0 radical (unpaired) electrons. The summed E-state index contributed by atoms with van der Waals surface area (Å²) in [6, 6.07) is 4.13. The number of hydrogen-bond donors (Lipinski definition) is 2. The second kappa shape index (κ2) is 6.08. The zero-order valence-corrected chi connectivity index (χ0v) is 12.7. The molecule has 2 heterocycles. The summed E-state index contributed by atoms with van der Waals surface area (Å²) in [5.41, 5.74) is 6.27. The Morgan fingerprint density at radius 2 is 1.95 bits per heavy atom. The Morgan fingerprint density at radius 3 is 2.40 bits per heavy atom. The number of pyridine rings is 1. The topological polar surface area (TPSA) is 65.6 Å². The van der Waals surface area contributed by atoms with Gasteiger partial charge < -0.3 is 15.7 Å². The van der Waals surface area contributed by atoms with Crippen molar-refractivity contribution in [2.24, 2.45) is 5.73 Å². The van der Waals surface area contributed by atoms with Crippen LogP contribution in [0, 0.1) is 0 Å². The van der Waals surface area contributed by atoms with Crippen LogP contribution in [0.3, 0.4) is 0 Å². The maximum Gasteiger partial charge on any atom is 0.128 e. The monoisotopic (exact) mass is 278 g/mol. The molecule has 5 heteroatoms. The van der Waals surface area contributed by atoms with Gasteiger partial charge in [0.1, 0.15) is 5.82 Å². The van der Waals surface area contributed by atoms with E-state index >= 15 is 0 Å². The summed E-state index contributed by atoms with van der Waals surface area (Å²) in [6.07, 6.45) is 1.86. The molecule has 3 N–H and O–H groups in total. The van der Waals surface area contributed by atoms with Gasteiger partial charge in [-0.25, -0.2) is 4.98 Å². The predicted molar refractivity (Wildman–Crippen MR) is 81.8 cm³/mol. The van der Waals surface area contributed by atoms with Gasteiger partial charge in [-0.2, -0.15) is 0 Å². The summed E-state index contributed by atoms with van der Waals surface area (Å²) in [7, 11) is 0. The number of nitrogens with zero attached hydrogens (tertiary/aromatic N) is 3. The second-order valence-electron chi connectivity index (χ2n) is 6.31. The van der Waals surface area contributed by atoms with Crippen LogP contribution in [0.2, 0.25) is 0 Å². The van der Waals surface area contributed by atoms with Crippen LogP contribution in [-0.4, -0.2) is 53.3 Å². The van der Waals surface area contributed by atoms with Gasteiger partial charge in [0.15, 0.2) is 0 Å². The van der Waals surface area contributed by atoms with E-state index in [1.807, 2.05) is 33.0 Å². The van der Waals surface area contributed by atoms with Crippen molar-refractivity contribution in [3.63, 3.8) is 0 Å². The van der Waals surface area contributed by atoms with Gasteiger partial charge in [-0.05, 0) is 32.4 Å². The molecule has 0 amide bonds. The molecule has 0 bridgehead atoms. The molecule has 1 aliphatic heterocycles. The first kappa shape index (κ1) is 15.2. The third-order valence-electron chi connectivity index (χ3n) is 3.60. The molecule has 112 valence electrons. The molecule has 1 aromatic heterocycles. The van der Waals surface area contributed by atoms with Crippen LogP contribution in [-0.2, 0) is 0 Å². The SMILES string of the molecule is C[C@H](N)c1ccc(N2CCN(CC(C)(C)O)CC2)nc1. The van der Waals surface area contributed by atoms with Crippen LogP contribution in [0.15, 0.2) is 18.3 Å². The highest BCUT2D eigenvalue weighted by Crippen LogP contribution is 2.17. The van der Waals surface area contributed by atoms with E-state index in [9.17, 15) is 5.11 Å². The number of nitrogens with two attached hydrogens (primary N) is 1. The maximum absolute atomic E-state index is 9.86. The minimum absolute atomic E-state index is 0.0279. The smallest absolute Gasteiger partial charge is 0.128 e. The number of β-amino-alcohol motifs (C(OH)–C–C–N with tert-alkyl or cyclic N) is 1. The zero-order chi connectivity index (χ0) is 14.8. The summed E-state index contributed by atoms with van der Waals surface area (Å²) in [6.45, 7) is 10.2. The van der Waals surface area contributed by atoms with Crippen molar-refractivity contribution in [3.05, 3.63) is 23.9 Å². The molecule has 1 fully saturated rings. The Morgan fingerprint density at radius 1 is 1.30 bits per heavy atom. The summed E-state index contributed by atoms with van der Waals surface area (Å²) in [4.78, 5) is 9.08. The molecule has 0 spiro atoms. The average molecular weight is 278 g/mol. The highest BCUT2D eigenvalue weighted by atomic mass is 16.3. The minimum Gasteiger partial charge on any atom is -0.389 e. The Bertz CT molecular complexity index is 416. The first-order valence-electron chi connectivity index (χ1n) is 7.26. The van der Waals surface area contributed by atoms with Crippen LogP contribution < -0.4 is 10.6 Å². The molecule has 1 aliphatic rings. The van der Waals surface area contributed by atoms with E-state index in [4.69, 9.17) is 5.73 Å².